The molecule has 0 aliphatic rings. The molecule has 0 unspecified atom stereocenters. The lowest BCUT2D eigenvalue weighted by atomic mass is 10.1. The number of halogens is 1. The molecule has 0 radical (unpaired) electrons. The zero-order chi connectivity index (χ0) is 24.2. The first-order valence-corrected chi connectivity index (χ1v) is 11.8. The highest BCUT2D eigenvalue weighted by atomic mass is 35.5. The number of benzene rings is 3. The fourth-order valence-corrected chi connectivity index (χ4v) is 4.73. The van der Waals surface area contributed by atoms with Crippen LogP contribution in [-0.2, 0) is 19.6 Å². The van der Waals surface area contributed by atoms with Crippen LogP contribution in [0.2, 0.25) is 5.02 Å². The van der Waals surface area contributed by atoms with Gasteiger partial charge in [0.2, 0.25) is 0 Å². The Morgan fingerprint density at radius 2 is 1.64 bits per heavy atom. The van der Waals surface area contributed by atoms with E-state index in [-0.39, 0.29) is 10.5 Å². The van der Waals surface area contributed by atoms with Gasteiger partial charge in [0.25, 0.3) is 15.9 Å². The maximum Gasteiger partial charge on any atom is 0.338 e. The number of nitrogens with one attached hydrogen (secondary N) is 1. The van der Waals surface area contributed by atoms with Crippen LogP contribution in [0.25, 0.3) is 0 Å². The highest BCUT2D eigenvalue weighted by molar-refractivity contribution is 7.92. The molecule has 0 aliphatic carbocycles. The van der Waals surface area contributed by atoms with Crippen LogP contribution >= 0.6 is 11.6 Å². The van der Waals surface area contributed by atoms with Crippen molar-refractivity contribution >= 4 is 44.9 Å². The number of carbonyl (C=O) groups is 2. The van der Waals surface area contributed by atoms with Crippen molar-refractivity contribution in [2.45, 2.75) is 18.7 Å². The molecule has 0 saturated heterocycles. The van der Waals surface area contributed by atoms with Gasteiger partial charge in [0.05, 0.1) is 26.9 Å². The molecular formula is C24H23ClN2O5S. The maximum atomic E-state index is 12.8. The average Bonchev–Trinajstić information content (AvgIpc) is 2.80. The molecule has 172 valence electrons. The van der Waals surface area contributed by atoms with Gasteiger partial charge in [-0.2, -0.15) is 0 Å². The third kappa shape index (κ3) is 5.71. The molecule has 7 nitrogen and oxygen atoms in total. The van der Waals surface area contributed by atoms with E-state index < -0.39 is 28.5 Å². The molecule has 0 atom stereocenters. The Morgan fingerprint density at radius 3 is 2.24 bits per heavy atom. The van der Waals surface area contributed by atoms with E-state index in [0.717, 1.165) is 15.4 Å². The first-order valence-electron chi connectivity index (χ1n) is 9.97. The van der Waals surface area contributed by atoms with Gasteiger partial charge in [-0.1, -0.05) is 35.9 Å². The van der Waals surface area contributed by atoms with E-state index >= 15 is 0 Å². The Balaban J connectivity index is 1.63. The van der Waals surface area contributed by atoms with Crippen molar-refractivity contribution in [2.75, 3.05) is 23.3 Å². The summed E-state index contributed by atoms with van der Waals surface area (Å²) in [5, 5.41) is 3.03. The lowest BCUT2D eigenvalue weighted by Gasteiger charge is -2.19. The van der Waals surface area contributed by atoms with Crippen LogP contribution in [0.4, 0.5) is 11.4 Å². The van der Waals surface area contributed by atoms with Crippen LogP contribution in [0.5, 0.6) is 0 Å². The lowest BCUT2D eigenvalue weighted by Crippen LogP contribution is -2.26. The molecule has 3 aromatic rings. The van der Waals surface area contributed by atoms with Gasteiger partial charge in [0.15, 0.2) is 6.61 Å². The maximum absolute atomic E-state index is 12.8. The van der Waals surface area contributed by atoms with Gasteiger partial charge < -0.3 is 10.1 Å². The van der Waals surface area contributed by atoms with E-state index in [1.54, 1.807) is 36.4 Å². The van der Waals surface area contributed by atoms with Crippen LogP contribution in [0.1, 0.15) is 21.5 Å². The van der Waals surface area contributed by atoms with E-state index in [1.807, 2.05) is 19.9 Å². The van der Waals surface area contributed by atoms with Crippen molar-refractivity contribution in [1.82, 2.24) is 0 Å². The second-order valence-corrected chi connectivity index (χ2v) is 9.77. The number of hydrogen-bond donors (Lipinski definition) is 1. The van der Waals surface area contributed by atoms with Gasteiger partial charge in [-0.25, -0.2) is 13.2 Å². The molecule has 33 heavy (non-hydrogen) atoms. The van der Waals surface area contributed by atoms with Crippen molar-refractivity contribution in [2.24, 2.45) is 0 Å². The van der Waals surface area contributed by atoms with E-state index in [2.05, 4.69) is 5.32 Å². The largest absolute Gasteiger partial charge is 0.452 e. The number of ether oxygens (including phenoxy) is 1. The van der Waals surface area contributed by atoms with Crippen molar-refractivity contribution in [3.05, 3.63) is 88.4 Å². The third-order valence-corrected chi connectivity index (χ3v) is 7.00. The van der Waals surface area contributed by atoms with Gasteiger partial charge in [-0.3, -0.25) is 9.10 Å². The van der Waals surface area contributed by atoms with E-state index in [1.165, 1.54) is 31.3 Å². The summed E-state index contributed by atoms with van der Waals surface area (Å²) < 4.78 is 31.9. The summed E-state index contributed by atoms with van der Waals surface area (Å²) in [6.07, 6.45) is 0. The Kier molecular flexibility index (Phi) is 7.40. The number of amides is 1. The van der Waals surface area contributed by atoms with Crippen molar-refractivity contribution in [3.8, 4) is 0 Å². The van der Waals surface area contributed by atoms with E-state index in [9.17, 15) is 18.0 Å². The summed E-state index contributed by atoms with van der Waals surface area (Å²) >= 11 is 6.18. The fourth-order valence-electron chi connectivity index (χ4n) is 3.16. The summed E-state index contributed by atoms with van der Waals surface area (Å²) in [5.74, 6) is -1.29. The molecule has 0 aliphatic heterocycles. The number of sulfonamides is 1. The number of carbonyl (C=O) groups excluding carboxylic acids is 2. The number of para-hydroxylation sites is 1. The van der Waals surface area contributed by atoms with Gasteiger partial charge >= 0.3 is 5.97 Å². The second-order valence-electron chi connectivity index (χ2n) is 7.40. The number of nitrogens with zero attached hydrogens (tertiary/aromatic N) is 1. The molecule has 0 fully saturated rings. The molecule has 1 N–H and O–H groups in total. The molecule has 0 bridgehead atoms. The molecule has 0 saturated carbocycles. The quantitative estimate of drug-likeness (QED) is 0.493. The summed E-state index contributed by atoms with van der Waals surface area (Å²) in [6.45, 7) is 3.19. The number of esters is 1. The van der Waals surface area contributed by atoms with Crippen LogP contribution in [-0.4, -0.2) is 33.9 Å². The number of hydrogen-bond acceptors (Lipinski definition) is 5. The monoisotopic (exact) mass is 486 g/mol. The van der Waals surface area contributed by atoms with E-state index in [4.69, 9.17) is 16.3 Å². The lowest BCUT2D eigenvalue weighted by molar-refractivity contribution is -0.119. The Labute approximate surface area is 198 Å². The predicted octanol–water partition coefficient (Wildman–Crippen LogP) is 4.58. The molecule has 1 amide bonds. The topological polar surface area (TPSA) is 92.8 Å². The van der Waals surface area contributed by atoms with Crippen molar-refractivity contribution < 1.29 is 22.7 Å². The first-order chi connectivity index (χ1) is 15.6. The highest BCUT2D eigenvalue weighted by Gasteiger charge is 2.22. The predicted molar refractivity (Wildman–Crippen MR) is 128 cm³/mol. The van der Waals surface area contributed by atoms with Crippen LogP contribution < -0.4 is 9.62 Å². The highest BCUT2D eigenvalue weighted by Crippen LogP contribution is 2.27. The average molecular weight is 487 g/mol. The second kappa shape index (κ2) is 10.1. The zero-order valence-electron chi connectivity index (χ0n) is 18.3. The number of rotatable bonds is 7. The summed E-state index contributed by atoms with van der Waals surface area (Å²) in [7, 11) is -2.35. The number of anilines is 2. The van der Waals surface area contributed by atoms with Crippen molar-refractivity contribution in [1.29, 1.82) is 0 Å². The van der Waals surface area contributed by atoms with Gasteiger partial charge in [-0.05, 0) is 67.4 Å². The minimum Gasteiger partial charge on any atom is -0.452 e. The molecule has 9 heteroatoms. The van der Waals surface area contributed by atoms with Crippen LogP contribution in [0.3, 0.4) is 0 Å². The summed E-state index contributed by atoms with van der Waals surface area (Å²) in [5.41, 5.74) is 2.84. The Hall–Kier alpha value is -3.36. The molecular weight excluding hydrogens is 464 g/mol. The normalized spacial score (nSPS) is 11.0. The minimum atomic E-state index is -3.80. The first kappa shape index (κ1) is 24.3. The molecule has 0 spiro atoms. The third-order valence-electron chi connectivity index (χ3n) is 4.90. The van der Waals surface area contributed by atoms with Gasteiger partial charge in [0.1, 0.15) is 0 Å². The van der Waals surface area contributed by atoms with Gasteiger partial charge in [0, 0.05) is 7.05 Å². The standard InChI is InChI=1S/C24H23ClN2O5S/c1-16-13-17(2)23(21(25)14-16)26-22(28)15-32-24(29)18-9-11-20(12-10-18)33(30,31)27(3)19-7-5-4-6-8-19/h4-14H,15H2,1-3H3,(H,26,28). The molecule has 0 aromatic heterocycles. The molecule has 3 aromatic carbocycles. The minimum absolute atomic E-state index is 0.0210. The van der Waals surface area contributed by atoms with E-state index in [0.29, 0.717) is 16.4 Å². The fraction of sp³-hybridized carbons (Fsp3) is 0.167. The SMILES string of the molecule is Cc1cc(C)c(NC(=O)COC(=O)c2ccc(S(=O)(=O)N(C)c3ccccc3)cc2)c(Cl)c1. The van der Waals surface area contributed by atoms with Gasteiger partial charge in [-0.15, -0.1) is 0 Å². The Bertz CT molecular complexity index is 1250. The summed E-state index contributed by atoms with van der Waals surface area (Å²) in [6, 6.07) is 17.6. The van der Waals surface area contributed by atoms with Crippen LogP contribution in [0.15, 0.2) is 71.6 Å². The van der Waals surface area contributed by atoms with Crippen LogP contribution in [0, 0.1) is 13.8 Å². The number of aryl methyl sites for hydroxylation is 2. The summed E-state index contributed by atoms with van der Waals surface area (Å²) in [4.78, 5) is 24.5. The van der Waals surface area contributed by atoms with Crippen molar-refractivity contribution in [3.63, 3.8) is 0 Å². The zero-order valence-corrected chi connectivity index (χ0v) is 19.9. The molecule has 3 rings (SSSR count). The Morgan fingerprint density at radius 1 is 1.00 bits per heavy atom. The smallest absolute Gasteiger partial charge is 0.338 e. The molecule has 0 heterocycles.